The van der Waals surface area contributed by atoms with E-state index in [9.17, 15) is 0 Å². The van der Waals surface area contributed by atoms with E-state index in [1.54, 1.807) is 7.11 Å². The van der Waals surface area contributed by atoms with Crippen molar-refractivity contribution in [2.75, 3.05) is 54.0 Å². The second kappa shape index (κ2) is 13.6. The molecule has 0 spiro atoms. The fourth-order valence-corrected chi connectivity index (χ4v) is 1.73. The average molecular weight is 414 g/mol. The van der Waals surface area contributed by atoms with Gasteiger partial charge in [-0.2, -0.15) is 0 Å². The molecular formula is C15H35IN4O. The summed E-state index contributed by atoms with van der Waals surface area (Å²) in [4.78, 5) is 6.54. The highest BCUT2D eigenvalue weighted by molar-refractivity contribution is 14.0. The molecule has 0 aromatic carbocycles. The highest BCUT2D eigenvalue weighted by Crippen LogP contribution is 2.16. The molecule has 0 aliphatic rings. The molecule has 0 saturated heterocycles. The van der Waals surface area contributed by atoms with Crippen molar-refractivity contribution in [2.45, 2.75) is 33.6 Å². The number of aliphatic imine (C=N–C) groups is 1. The van der Waals surface area contributed by atoms with Crippen molar-refractivity contribution >= 4 is 29.9 Å². The topological polar surface area (TPSA) is 48.9 Å². The highest BCUT2D eigenvalue weighted by atomic mass is 127. The van der Waals surface area contributed by atoms with Crippen molar-refractivity contribution < 1.29 is 4.74 Å². The maximum absolute atomic E-state index is 5.05. The number of hydrogen-bond acceptors (Lipinski definition) is 3. The van der Waals surface area contributed by atoms with E-state index < -0.39 is 0 Å². The molecule has 0 bridgehead atoms. The predicted octanol–water partition coefficient (Wildman–Crippen LogP) is 2.17. The quantitative estimate of drug-likeness (QED) is 0.263. The summed E-state index contributed by atoms with van der Waals surface area (Å²) >= 11 is 0. The first-order valence-electron chi connectivity index (χ1n) is 7.51. The molecule has 0 aliphatic heterocycles. The van der Waals surface area contributed by atoms with Crippen LogP contribution in [0.2, 0.25) is 0 Å². The Balaban J connectivity index is 0. The highest BCUT2D eigenvalue weighted by Gasteiger charge is 2.09. The van der Waals surface area contributed by atoms with Gasteiger partial charge in [0.1, 0.15) is 0 Å². The van der Waals surface area contributed by atoms with Crippen LogP contribution in [0.3, 0.4) is 0 Å². The Bertz CT molecular complexity index is 267. The lowest BCUT2D eigenvalue weighted by atomic mass is 9.92. The maximum atomic E-state index is 5.05. The van der Waals surface area contributed by atoms with Crippen LogP contribution in [0.4, 0.5) is 0 Å². The van der Waals surface area contributed by atoms with Gasteiger partial charge in [0, 0.05) is 46.9 Å². The van der Waals surface area contributed by atoms with Gasteiger partial charge in [0.2, 0.25) is 0 Å². The fourth-order valence-electron chi connectivity index (χ4n) is 1.73. The standard InChI is InChI=1S/C15H34N4O.HI/c1-15(2,3)8-9-17-14(16-4)18-10-12-19(5)11-7-13-20-6;/h7-13H2,1-6H3,(H2,16,17,18);1H. The number of guanidine groups is 1. The first-order chi connectivity index (χ1) is 9.39. The summed E-state index contributed by atoms with van der Waals surface area (Å²) in [6, 6.07) is 0. The van der Waals surface area contributed by atoms with Crippen molar-refractivity contribution in [3.05, 3.63) is 0 Å². The van der Waals surface area contributed by atoms with Crippen LogP contribution in [0, 0.1) is 5.41 Å². The molecule has 0 rings (SSSR count). The third-order valence-electron chi connectivity index (χ3n) is 3.07. The zero-order valence-corrected chi connectivity index (χ0v) is 17.0. The minimum Gasteiger partial charge on any atom is -0.385 e. The Labute approximate surface area is 148 Å². The van der Waals surface area contributed by atoms with Gasteiger partial charge in [0.15, 0.2) is 5.96 Å². The van der Waals surface area contributed by atoms with E-state index in [-0.39, 0.29) is 24.0 Å². The summed E-state index contributed by atoms with van der Waals surface area (Å²) in [6.07, 6.45) is 2.20. The van der Waals surface area contributed by atoms with Gasteiger partial charge in [-0.3, -0.25) is 4.99 Å². The van der Waals surface area contributed by atoms with Crippen molar-refractivity contribution in [3.63, 3.8) is 0 Å². The Morgan fingerprint density at radius 3 is 2.29 bits per heavy atom. The number of nitrogens with zero attached hydrogens (tertiary/aromatic N) is 2. The summed E-state index contributed by atoms with van der Waals surface area (Å²) in [6.45, 7) is 11.5. The number of halogens is 1. The minimum atomic E-state index is 0. The lowest BCUT2D eigenvalue weighted by molar-refractivity contribution is 0.180. The number of likely N-dealkylation sites (N-methyl/N-ethyl adjacent to an activating group) is 1. The van der Waals surface area contributed by atoms with Crippen LogP contribution in [0.1, 0.15) is 33.6 Å². The van der Waals surface area contributed by atoms with Gasteiger partial charge in [-0.25, -0.2) is 0 Å². The Morgan fingerprint density at radius 1 is 1.14 bits per heavy atom. The number of rotatable bonds is 9. The summed E-state index contributed by atoms with van der Waals surface area (Å²) in [5, 5.41) is 6.70. The lowest BCUT2D eigenvalue weighted by Crippen LogP contribution is -2.42. The van der Waals surface area contributed by atoms with Crippen molar-refractivity contribution in [1.82, 2.24) is 15.5 Å². The zero-order valence-electron chi connectivity index (χ0n) is 14.7. The lowest BCUT2D eigenvalue weighted by Gasteiger charge is -2.20. The van der Waals surface area contributed by atoms with E-state index in [0.29, 0.717) is 5.41 Å². The van der Waals surface area contributed by atoms with Crippen LogP contribution >= 0.6 is 24.0 Å². The molecular weight excluding hydrogens is 379 g/mol. The van der Waals surface area contributed by atoms with Gasteiger partial charge in [0.05, 0.1) is 0 Å². The van der Waals surface area contributed by atoms with Crippen LogP contribution in [0.15, 0.2) is 4.99 Å². The first kappa shape index (κ1) is 23.2. The second-order valence-electron chi connectivity index (χ2n) is 6.39. The van der Waals surface area contributed by atoms with Gasteiger partial charge in [0.25, 0.3) is 0 Å². The third-order valence-corrected chi connectivity index (χ3v) is 3.07. The predicted molar refractivity (Wildman–Crippen MR) is 103 cm³/mol. The monoisotopic (exact) mass is 414 g/mol. The van der Waals surface area contributed by atoms with Crippen molar-refractivity contribution in [2.24, 2.45) is 10.4 Å². The van der Waals surface area contributed by atoms with E-state index in [4.69, 9.17) is 4.74 Å². The van der Waals surface area contributed by atoms with E-state index >= 15 is 0 Å². The Hall–Kier alpha value is -0.0800. The Kier molecular flexibility index (Phi) is 15.0. The molecule has 5 nitrogen and oxygen atoms in total. The molecule has 0 aliphatic carbocycles. The summed E-state index contributed by atoms with van der Waals surface area (Å²) in [5.74, 6) is 0.888. The third kappa shape index (κ3) is 16.1. The summed E-state index contributed by atoms with van der Waals surface area (Å²) in [7, 11) is 5.69. The molecule has 0 aromatic rings. The van der Waals surface area contributed by atoms with E-state index in [1.807, 2.05) is 7.05 Å². The first-order valence-corrected chi connectivity index (χ1v) is 7.51. The van der Waals surface area contributed by atoms with Gasteiger partial charge in [-0.05, 0) is 25.3 Å². The molecule has 2 N–H and O–H groups in total. The summed E-state index contributed by atoms with van der Waals surface area (Å²) in [5.41, 5.74) is 0.355. The van der Waals surface area contributed by atoms with Crippen LogP contribution in [-0.4, -0.2) is 64.9 Å². The zero-order chi connectivity index (χ0) is 15.4. The molecule has 6 heteroatoms. The van der Waals surface area contributed by atoms with Crippen LogP contribution in [-0.2, 0) is 4.74 Å². The SMILES string of the molecule is CN=C(NCCN(C)CCCOC)NCCC(C)(C)C.I. The van der Waals surface area contributed by atoms with Crippen LogP contribution in [0.25, 0.3) is 0 Å². The molecule has 0 aromatic heterocycles. The van der Waals surface area contributed by atoms with E-state index in [0.717, 1.165) is 51.6 Å². The molecule has 0 radical (unpaired) electrons. The number of ether oxygens (including phenoxy) is 1. The Morgan fingerprint density at radius 2 is 1.76 bits per heavy atom. The second-order valence-corrected chi connectivity index (χ2v) is 6.39. The number of hydrogen-bond donors (Lipinski definition) is 2. The van der Waals surface area contributed by atoms with Gasteiger partial charge >= 0.3 is 0 Å². The largest absolute Gasteiger partial charge is 0.385 e. The molecule has 0 amide bonds. The molecule has 0 heterocycles. The van der Waals surface area contributed by atoms with Crippen molar-refractivity contribution in [3.8, 4) is 0 Å². The molecule has 0 saturated carbocycles. The number of methoxy groups -OCH3 is 1. The molecule has 0 fully saturated rings. The maximum Gasteiger partial charge on any atom is 0.191 e. The number of nitrogens with one attached hydrogen (secondary N) is 2. The fraction of sp³-hybridized carbons (Fsp3) is 0.933. The van der Waals surface area contributed by atoms with Gasteiger partial charge in [-0.15, -0.1) is 24.0 Å². The van der Waals surface area contributed by atoms with E-state index in [2.05, 4.69) is 48.3 Å². The van der Waals surface area contributed by atoms with Gasteiger partial charge < -0.3 is 20.3 Å². The molecule has 0 unspecified atom stereocenters. The van der Waals surface area contributed by atoms with Crippen molar-refractivity contribution in [1.29, 1.82) is 0 Å². The smallest absolute Gasteiger partial charge is 0.191 e. The van der Waals surface area contributed by atoms with E-state index in [1.165, 1.54) is 0 Å². The normalized spacial score (nSPS) is 12.2. The van der Waals surface area contributed by atoms with Crippen LogP contribution in [0.5, 0.6) is 0 Å². The van der Waals surface area contributed by atoms with Gasteiger partial charge in [-0.1, -0.05) is 20.8 Å². The molecule has 128 valence electrons. The average Bonchev–Trinajstić information content (AvgIpc) is 2.36. The molecule has 21 heavy (non-hydrogen) atoms. The minimum absolute atomic E-state index is 0. The summed E-state index contributed by atoms with van der Waals surface area (Å²) < 4.78 is 5.05. The van der Waals surface area contributed by atoms with Crippen LogP contribution < -0.4 is 10.6 Å². The molecule has 0 atom stereocenters.